The summed E-state index contributed by atoms with van der Waals surface area (Å²) in [6, 6.07) is 25.9. The fourth-order valence-corrected chi connectivity index (χ4v) is 3.99. The van der Waals surface area contributed by atoms with Crippen LogP contribution in [0.3, 0.4) is 0 Å². The summed E-state index contributed by atoms with van der Waals surface area (Å²) in [6.45, 7) is 0. The molecule has 0 aliphatic carbocycles. The van der Waals surface area contributed by atoms with Crippen molar-refractivity contribution in [3.63, 3.8) is 0 Å². The van der Waals surface area contributed by atoms with Crippen molar-refractivity contribution < 1.29 is 0 Å². The lowest BCUT2D eigenvalue weighted by molar-refractivity contribution is 1.58. The molecule has 0 bridgehead atoms. The van der Waals surface area contributed by atoms with Crippen LogP contribution in [0, 0.1) is 0 Å². The molecule has 0 atom stereocenters. The monoisotopic (exact) mass is 364 g/mol. The van der Waals surface area contributed by atoms with Gasteiger partial charge in [-0.15, -0.1) is 11.3 Å². The molecular formula is C20H13BrS. The van der Waals surface area contributed by atoms with Crippen LogP contribution in [-0.4, -0.2) is 0 Å². The minimum atomic E-state index is 1.11. The van der Waals surface area contributed by atoms with E-state index >= 15 is 0 Å². The van der Waals surface area contributed by atoms with Crippen molar-refractivity contribution in [3.8, 4) is 22.3 Å². The van der Waals surface area contributed by atoms with Gasteiger partial charge < -0.3 is 0 Å². The number of benzene rings is 3. The highest BCUT2D eigenvalue weighted by molar-refractivity contribution is 9.10. The third-order valence-corrected chi connectivity index (χ3v) is 5.20. The number of halogens is 1. The summed E-state index contributed by atoms with van der Waals surface area (Å²) in [5.74, 6) is 0. The molecule has 4 aromatic rings. The first-order valence-electron chi connectivity index (χ1n) is 7.14. The van der Waals surface area contributed by atoms with Crippen LogP contribution in [0.25, 0.3) is 32.3 Å². The van der Waals surface area contributed by atoms with Crippen molar-refractivity contribution in [2.45, 2.75) is 0 Å². The molecule has 0 aliphatic heterocycles. The van der Waals surface area contributed by atoms with E-state index in [-0.39, 0.29) is 0 Å². The molecule has 0 nitrogen and oxygen atoms in total. The second kappa shape index (κ2) is 5.71. The third kappa shape index (κ3) is 2.49. The third-order valence-electron chi connectivity index (χ3n) is 3.83. The zero-order chi connectivity index (χ0) is 14.9. The fourth-order valence-electron chi connectivity index (χ4n) is 2.78. The van der Waals surface area contributed by atoms with Crippen molar-refractivity contribution in [2.75, 3.05) is 0 Å². The molecule has 0 amide bonds. The average molecular weight is 365 g/mol. The first kappa shape index (κ1) is 13.7. The van der Waals surface area contributed by atoms with E-state index < -0.39 is 0 Å². The van der Waals surface area contributed by atoms with Gasteiger partial charge >= 0.3 is 0 Å². The van der Waals surface area contributed by atoms with Gasteiger partial charge in [-0.25, -0.2) is 0 Å². The molecule has 22 heavy (non-hydrogen) atoms. The fraction of sp³-hybridized carbons (Fsp3) is 0. The van der Waals surface area contributed by atoms with E-state index in [0.29, 0.717) is 0 Å². The highest BCUT2D eigenvalue weighted by Gasteiger charge is 2.06. The summed E-state index contributed by atoms with van der Waals surface area (Å²) in [4.78, 5) is 0. The van der Waals surface area contributed by atoms with Gasteiger partial charge in [0.05, 0.1) is 0 Å². The normalized spacial score (nSPS) is 11.0. The van der Waals surface area contributed by atoms with Crippen molar-refractivity contribution in [1.82, 2.24) is 0 Å². The van der Waals surface area contributed by atoms with Gasteiger partial charge in [0.15, 0.2) is 0 Å². The first-order chi connectivity index (χ1) is 10.8. The number of hydrogen-bond donors (Lipinski definition) is 0. The maximum Gasteiger partial charge on any atom is 0.0348 e. The van der Waals surface area contributed by atoms with Crippen LogP contribution >= 0.6 is 27.3 Å². The number of fused-ring (bicyclic) bond motifs is 1. The van der Waals surface area contributed by atoms with Gasteiger partial charge in [-0.2, -0.15) is 0 Å². The molecule has 0 N–H and O–H groups in total. The Morgan fingerprint density at radius 3 is 2.27 bits per heavy atom. The van der Waals surface area contributed by atoms with Gasteiger partial charge in [0.1, 0.15) is 0 Å². The Morgan fingerprint density at radius 2 is 1.41 bits per heavy atom. The Hall–Kier alpha value is -1.90. The predicted molar refractivity (Wildman–Crippen MR) is 100 cm³/mol. The van der Waals surface area contributed by atoms with Crippen LogP contribution in [0.4, 0.5) is 0 Å². The quantitative estimate of drug-likeness (QED) is 0.359. The molecule has 3 aromatic carbocycles. The Balaban J connectivity index is 1.87. The molecule has 4 rings (SSSR count). The van der Waals surface area contributed by atoms with E-state index in [1.54, 1.807) is 11.3 Å². The maximum atomic E-state index is 3.55. The zero-order valence-corrected chi connectivity index (χ0v) is 14.2. The standard InChI is InChI=1S/C20H13BrS/c21-17-7-2-5-15(13-17)14-4-1-6-16(12-14)18-8-3-9-20-19(18)10-11-22-20/h1-13H. The molecular weight excluding hydrogens is 352 g/mol. The molecule has 0 radical (unpaired) electrons. The number of rotatable bonds is 2. The first-order valence-corrected chi connectivity index (χ1v) is 8.81. The van der Waals surface area contributed by atoms with Gasteiger partial charge in [-0.05, 0) is 58.0 Å². The lowest BCUT2D eigenvalue weighted by atomic mass is 9.97. The largest absolute Gasteiger partial charge is 0.144 e. The molecule has 0 saturated carbocycles. The molecule has 1 aromatic heterocycles. The molecule has 0 aliphatic rings. The number of thiophene rings is 1. The minimum Gasteiger partial charge on any atom is -0.144 e. The van der Waals surface area contributed by atoms with E-state index in [4.69, 9.17) is 0 Å². The topological polar surface area (TPSA) is 0 Å². The van der Waals surface area contributed by atoms with E-state index in [1.807, 2.05) is 0 Å². The lowest BCUT2D eigenvalue weighted by Gasteiger charge is -2.08. The van der Waals surface area contributed by atoms with Crippen molar-refractivity contribution in [1.29, 1.82) is 0 Å². The Bertz CT molecular complexity index is 953. The minimum absolute atomic E-state index is 1.11. The summed E-state index contributed by atoms with van der Waals surface area (Å²) in [6.07, 6.45) is 0. The predicted octanol–water partition coefficient (Wildman–Crippen LogP) is 7.00. The summed E-state index contributed by atoms with van der Waals surface area (Å²) in [5, 5.41) is 3.49. The summed E-state index contributed by atoms with van der Waals surface area (Å²) < 4.78 is 2.45. The molecule has 106 valence electrons. The van der Waals surface area contributed by atoms with Gasteiger partial charge in [0.25, 0.3) is 0 Å². The maximum absolute atomic E-state index is 3.55. The molecule has 1 heterocycles. The van der Waals surface area contributed by atoms with E-state index in [0.717, 1.165) is 4.47 Å². The summed E-state index contributed by atoms with van der Waals surface area (Å²) in [7, 11) is 0. The molecule has 2 heteroatoms. The van der Waals surface area contributed by atoms with Gasteiger partial charge in [0.2, 0.25) is 0 Å². The molecule has 0 saturated heterocycles. The van der Waals surface area contributed by atoms with Crippen LogP contribution in [0.1, 0.15) is 0 Å². The van der Waals surface area contributed by atoms with Crippen molar-refractivity contribution in [3.05, 3.63) is 82.6 Å². The van der Waals surface area contributed by atoms with E-state index in [9.17, 15) is 0 Å². The van der Waals surface area contributed by atoms with Gasteiger partial charge in [-0.3, -0.25) is 0 Å². The van der Waals surface area contributed by atoms with Crippen LogP contribution in [0.15, 0.2) is 82.6 Å². The second-order valence-corrected chi connectivity index (χ2v) is 7.09. The van der Waals surface area contributed by atoms with Gasteiger partial charge in [-0.1, -0.05) is 58.4 Å². The van der Waals surface area contributed by atoms with Gasteiger partial charge in [0, 0.05) is 14.6 Å². The van der Waals surface area contributed by atoms with Crippen molar-refractivity contribution >= 4 is 37.4 Å². The highest BCUT2D eigenvalue weighted by atomic mass is 79.9. The van der Waals surface area contributed by atoms with E-state index in [1.165, 1.54) is 32.3 Å². The number of hydrogen-bond acceptors (Lipinski definition) is 1. The molecule has 0 unspecified atom stereocenters. The Labute approximate surface area is 142 Å². The molecule has 0 fully saturated rings. The summed E-state index contributed by atoms with van der Waals surface area (Å²) >= 11 is 5.34. The Kier molecular flexibility index (Phi) is 3.57. The van der Waals surface area contributed by atoms with Crippen LogP contribution < -0.4 is 0 Å². The highest BCUT2D eigenvalue weighted by Crippen LogP contribution is 2.34. The van der Waals surface area contributed by atoms with Crippen LogP contribution in [0.5, 0.6) is 0 Å². The summed E-state index contributed by atoms with van der Waals surface area (Å²) in [5.41, 5.74) is 5.04. The smallest absolute Gasteiger partial charge is 0.0348 e. The van der Waals surface area contributed by atoms with Crippen LogP contribution in [0.2, 0.25) is 0 Å². The Morgan fingerprint density at radius 1 is 0.682 bits per heavy atom. The second-order valence-electron chi connectivity index (χ2n) is 5.23. The zero-order valence-electron chi connectivity index (χ0n) is 11.8. The SMILES string of the molecule is Brc1cccc(-c2cccc(-c3cccc4sccc34)c2)c1. The average Bonchev–Trinajstić information content (AvgIpc) is 3.03. The van der Waals surface area contributed by atoms with E-state index in [2.05, 4.69) is 94.1 Å². The van der Waals surface area contributed by atoms with Crippen LogP contribution in [-0.2, 0) is 0 Å². The van der Waals surface area contributed by atoms with Crippen molar-refractivity contribution in [2.24, 2.45) is 0 Å². The lowest BCUT2D eigenvalue weighted by Crippen LogP contribution is -1.82. The molecule has 0 spiro atoms.